The predicted molar refractivity (Wildman–Crippen MR) is 141 cm³/mol. The van der Waals surface area contributed by atoms with E-state index < -0.39 is 26.9 Å². The van der Waals surface area contributed by atoms with Crippen molar-refractivity contribution in [3.8, 4) is 0 Å². The van der Waals surface area contributed by atoms with Gasteiger partial charge < -0.3 is 0 Å². The van der Waals surface area contributed by atoms with Gasteiger partial charge in [-0.15, -0.1) is 0 Å². The minimum Gasteiger partial charge on any atom is -0.264 e. The molecule has 0 saturated heterocycles. The van der Waals surface area contributed by atoms with Gasteiger partial charge in [-0.3, -0.25) is 9.11 Å². The van der Waals surface area contributed by atoms with E-state index in [9.17, 15) is 25.9 Å². The molecule has 0 spiro atoms. The van der Waals surface area contributed by atoms with Crippen LogP contribution in [-0.2, 0) is 29.2 Å². The third-order valence-corrected chi connectivity index (χ3v) is 12.3. The molecule has 4 rings (SSSR count). The maximum atomic E-state index is 11.4. The molecule has 8 nitrogen and oxygen atoms in total. The van der Waals surface area contributed by atoms with Crippen LogP contribution >= 0.6 is 0 Å². The van der Waals surface area contributed by atoms with Crippen LogP contribution in [0.5, 0.6) is 0 Å². The molecule has 4 saturated carbocycles. The molecule has 0 aromatic rings. The van der Waals surface area contributed by atoms with Crippen LogP contribution in [0.15, 0.2) is 0 Å². The Morgan fingerprint density at radius 1 is 0.842 bits per heavy atom. The van der Waals surface area contributed by atoms with Crippen LogP contribution in [0.2, 0.25) is 0 Å². The molecule has 216 valence electrons. The molecule has 9 atom stereocenters. The molecular weight excluding hydrogens is 539 g/mol. The van der Waals surface area contributed by atoms with Gasteiger partial charge in [0.2, 0.25) is 0 Å². The standard InChI is InChI=1S/C27H48O8S2.Na/c1-18(2)6-5-7-19(17-34-36(28,29)30)23-10-11-24-22-9-8-20-16-21(35-37(31,32)33)12-14-26(20,3)25(22)13-15-27(23,24)4;/h18-25H,5-17H2,1-4H3,(H,28,29,30)(H,31,32,33);/q;+1/t19-,20-,21+,22-,23+,24-,25-,26-,27+;/m0./s1. The first-order valence-corrected chi connectivity index (χ1v) is 17.1. The van der Waals surface area contributed by atoms with Gasteiger partial charge >= 0.3 is 50.4 Å². The monoisotopic (exact) mass is 587 g/mol. The summed E-state index contributed by atoms with van der Waals surface area (Å²) in [6, 6.07) is 0. The molecule has 11 heteroatoms. The fourth-order valence-electron chi connectivity index (χ4n) is 9.66. The van der Waals surface area contributed by atoms with Gasteiger partial charge in [0.1, 0.15) is 0 Å². The number of fused-ring (bicyclic) bond motifs is 5. The van der Waals surface area contributed by atoms with Gasteiger partial charge in [-0.2, -0.15) is 16.8 Å². The Morgan fingerprint density at radius 2 is 1.50 bits per heavy atom. The molecule has 0 aromatic carbocycles. The first kappa shape index (κ1) is 33.2. The summed E-state index contributed by atoms with van der Waals surface area (Å²) < 4.78 is 73.9. The third-order valence-electron chi connectivity index (χ3n) is 11.3. The van der Waals surface area contributed by atoms with Crippen molar-refractivity contribution in [3.63, 3.8) is 0 Å². The smallest absolute Gasteiger partial charge is 0.264 e. The summed E-state index contributed by atoms with van der Waals surface area (Å²) >= 11 is 0. The van der Waals surface area contributed by atoms with Crippen LogP contribution in [0.3, 0.4) is 0 Å². The molecule has 4 aliphatic rings. The average molecular weight is 588 g/mol. The van der Waals surface area contributed by atoms with Crippen LogP contribution in [0.1, 0.15) is 105 Å². The van der Waals surface area contributed by atoms with Crippen LogP contribution in [0, 0.1) is 52.3 Å². The zero-order valence-electron chi connectivity index (χ0n) is 24.0. The summed E-state index contributed by atoms with van der Waals surface area (Å²) in [7, 11) is -8.89. The molecule has 2 N–H and O–H groups in total. The van der Waals surface area contributed by atoms with Crippen molar-refractivity contribution >= 4 is 20.8 Å². The summed E-state index contributed by atoms with van der Waals surface area (Å²) in [5, 5.41) is 0. The molecule has 4 fully saturated rings. The van der Waals surface area contributed by atoms with E-state index in [0.29, 0.717) is 48.3 Å². The van der Waals surface area contributed by atoms with Gasteiger partial charge in [0, 0.05) is 0 Å². The Kier molecular flexibility index (Phi) is 11.0. The first-order valence-electron chi connectivity index (χ1n) is 14.4. The van der Waals surface area contributed by atoms with E-state index in [2.05, 4.69) is 27.7 Å². The van der Waals surface area contributed by atoms with E-state index in [1.165, 1.54) is 0 Å². The molecule has 0 amide bonds. The van der Waals surface area contributed by atoms with E-state index in [0.717, 1.165) is 64.2 Å². The SMILES string of the molecule is CC(C)CCC[C@@H](COS(=O)(=O)O)[C@H]1CC[C@H]2[C@@H]3CC[C@H]4C[C@H](OS(=O)(=O)O)CC[C@]4(C)[C@H]3CC[C@]12C.[Na+]. The second-order valence-electron chi connectivity index (χ2n) is 13.6. The fraction of sp³-hybridized carbons (Fsp3) is 1.00. The summed E-state index contributed by atoms with van der Waals surface area (Å²) in [6.07, 6.45) is 11.6. The van der Waals surface area contributed by atoms with Crippen molar-refractivity contribution in [1.29, 1.82) is 0 Å². The molecule has 4 aliphatic carbocycles. The molecule has 0 bridgehead atoms. The van der Waals surface area contributed by atoms with Gasteiger partial charge in [-0.25, -0.2) is 8.37 Å². The van der Waals surface area contributed by atoms with Crippen LogP contribution in [0.25, 0.3) is 0 Å². The molecule has 38 heavy (non-hydrogen) atoms. The van der Waals surface area contributed by atoms with Gasteiger partial charge in [0.15, 0.2) is 0 Å². The van der Waals surface area contributed by atoms with E-state index in [4.69, 9.17) is 8.37 Å². The van der Waals surface area contributed by atoms with E-state index in [-0.39, 0.29) is 52.9 Å². The van der Waals surface area contributed by atoms with Crippen molar-refractivity contribution in [1.82, 2.24) is 0 Å². The summed E-state index contributed by atoms with van der Waals surface area (Å²) in [5.41, 5.74) is 0.298. The second kappa shape index (κ2) is 12.5. The summed E-state index contributed by atoms with van der Waals surface area (Å²) in [6.45, 7) is 9.31. The quantitative estimate of drug-likeness (QED) is 0.295. The van der Waals surface area contributed by atoms with Crippen molar-refractivity contribution < 1.29 is 63.9 Å². The number of hydrogen-bond acceptors (Lipinski definition) is 6. The third kappa shape index (κ3) is 7.38. The number of hydrogen-bond donors (Lipinski definition) is 2. The molecule has 0 aromatic heterocycles. The van der Waals surface area contributed by atoms with Crippen LogP contribution in [-0.4, -0.2) is 38.7 Å². The van der Waals surface area contributed by atoms with E-state index in [1.54, 1.807) is 0 Å². The summed E-state index contributed by atoms with van der Waals surface area (Å²) in [4.78, 5) is 0. The van der Waals surface area contributed by atoms with Crippen molar-refractivity contribution in [2.24, 2.45) is 52.3 Å². The van der Waals surface area contributed by atoms with E-state index >= 15 is 0 Å². The van der Waals surface area contributed by atoms with E-state index in [1.807, 2.05) is 0 Å². The summed E-state index contributed by atoms with van der Waals surface area (Å²) in [5.74, 6) is 3.33. The zero-order chi connectivity index (χ0) is 27.2. The van der Waals surface area contributed by atoms with Gasteiger partial charge in [-0.1, -0.05) is 40.5 Å². The maximum absolute atomic E-state index is 11.4. The Bertz CT molecular complexity index is 1020. The molecular formula is C27H48NaO8S2+. The Balaban J connectivity index is 0.00000400. The maximum Gasteiger partial charge on any atom is 1.00 e. The minimum absolute atomic E-state index is 0. The largest absolute Gasteiger partial charge is 1.00 e. The normalized spacial score (nSPS) is 40.1. The van der Waals surface area contributed by atoms with Crippen molar-refractivity contribution in [2.75, 3.05) is 6.61 Å². The van der Waals surface area contributed by atoms with Gasteiger partial charge in [0.05, 0.1) is 12.7 Å². The minimum atomic E-state index is -4.46. The van der Waals surface area contributed by atoms with Gasteiger partial charge in [-0.05, 0) is 116 Å². The van der Waals surface area contributed by atoms with Crippen LogP contribution < -0.4 is 29.6 Å². The van der Waals surface area contributed by atoms with Crippen molar-refractivity contribution in [3.05, 3.63) is 0 Å². The Morgan fingerprint density at radius 3 is 2.13 bits per heavy atom. The first-order chi connectivity index (χ1) is 17.1. The number of rotatable bonds is 10. The molecule has 0 radical (unpaired) electrons. The second-order valence-corrected chi connectivity index (χ2v) is 15.7. The Hall–Kier alpha value is 0.740. The Labute approximate surface area is 253 Å². The fourth-order valence-corrected chi connectivity index (χ4v) is 10.5. The zero-order valence-corrected chi connectivity index (χ0v) is 27.6. The van der Waals surface area contributed by atoms with Crippen LogP contribution in [0.4, 0.5) is 0 Å². The average Bonchev–Trinajstić information content (AvgIpc) is 3.11. The molecule has 0 aliphatic heterocycles. The van der Waals surface area contributed by atoms with Crippen molar-refractivity contribution in [2.45, 2.75) is 111 Å². The molecule has 0 unspecified atom stereocenters. The topological polar surface area (TPSA) is 127 Å². The predicted octanol–water partition coefficient (Wildman–Crippen LogP) is 3.10. The van der Waals surface area contributed by atoms with Gasteiger partial charge in [0.25, 0.3) is 0 Å². The molecule has 0 heterocycles.